The molecule has 3 aromatic rings. The minimum atomic E-state index is -3.42. The van der Waals surface area contributed by atoms with Crippen molar-refractivity contribution in [1.29, 1.82) is 0 Å². The summed E-state index contributed by atoms with van der Waals surface area (Å²) in [7, 11) is -3.42. The summed E-state index contributed by atoms with van der Waals surface area (Å²) in [4.78, 5) is 0.355. The van der Waals surface area contributed by atoms with Crippen LogP contribution in [0.4, 0.5) is 0 Å². The molecular formula is C18H18ClN3O2S. The molecule has 0 amide bonds. The number of nitrogens with zero attached hydrogens (tertiary/aromatic N) is 2. The highest BCUT2D eigenvalue weighted by Crippen LogP contribution is 2.35. The number of sulfonamides is 1. The van der Waals surface area contributed by atoms with Gasteiger partial charge >= 0.3 is 0 Å². The highest BCUT2D eigenvalue weighted by atomic mass is 35.5. The third-order valence-corrected chi connectivity index (χ3v) is 6.96. The maximum absolute atomic E-state index is 12.7. The van der Waals surface area contributed by atoms with E-state index in [0.717, 1.165) is 29.3 Å². The molecule has 2 heterocycles. The zero-order chi connectivity index (χ0) is 17.4. The second-order valence-corrected chi connectivity index (χ2v) is 8.69. The molecule has 7 heteroatoms. The first-order valence-corrected chi connectivity index (χ1v) is 10.1. The van der Waals surface area contributed by atoms with Crippen molar-refractivity contribution < 1.29 is 8.42 Å². The molecule has 0 bridgehead atoms. The molecule has 1 fully saturated rings. The SMILES string of the molecule is O=S(=O)(c1ccccc1)N1CCC(c2cc(Cl)cc3[nH]ncc23)CC1. The second kappa shape index (κ2) is 6.44. The first kappa shape index (κ1) is 16.6. The van der Waals surface area contributed by atoms with Gasteiger partial charge in [-0.15, -0.1) is 0 Å². The zero-order valence-corrected chi connectivity index (χ0v) is 15.1. The molecule has 0 spiro atoms. The van der Waals surface area contributed by atoms with Gasteiger partial charge in [0.2, 0.25) is 10.0 Å². The van der Waals surface area contributed by atoms with E-state index in [1.807, 2.05) is 24.4 Å². The van der Waals surface area contributed by atoms with Crippen molar-refractivity contribution in [2.24, 2.45) is 0 Å². The van der Waals surface area contributed by atoms with Crippen molar-refractivity contribution in [3.63, 3.8) is 0 Å². The molecule has 1 aromatic heterocycles. The van der Waals surface area contributed by atoms with E-state index in [1.54, 1.807) is 28.6 Å². The molecule has 0 aliphatic carbocycles. The molecule has 5 nitrogen and oxygen atoms in total. The molecule has 25 heavy (non-hydrogen) atoms. The maximum atomic E-state index is 12.7. The minimum Gasteiger partial charge on any atom is -0.278 e. The fraction of sp³-hybridized carbons (Fsp3) is 0.278. The topological polar surface area (TPSA) is 66.1 Å². The molecule has 2 aromatic carbocycles. The number of H-pyrrole nitrogens is 1. The largest absolute Gasteiger partial charge is 0.278 e. The normalized spacial score (nSPS) is 17.2. The van der Waals surface area contributed by atoms with Gasteiger partial charge in [-0.1, -0.05) is 29.8 Å². The van der Waals surface area contributed by atoms with Crippen molar-refractivity contribution in [3.05, 3.63) is 59.2 Å². The van der Waals surface area contributed by atoms with E-state index in [4.69, 9.17) is 11.6 Å². The highest BCUT2D eigenvalue weighted by Gasteiger charge is 2.30. The van der Waals surface area contributed by atoms with Crippen molar-refractivity contribution >= 4 is 32.5 Å². The molecule has 1 N–H and O–H groups in total. The smallest absolute Gasteiger partial charge is 0.243 e. The van der Waals surface area contributed by atoms with Gasteiger partial charge in [0.25, 0.3) is 0 Å². The number of piperidine rings is 1. The Kier molecular flexibility index (Phi) is 4.27. The number of hydrogen-bond acceptors (Lipinski definition) is 3. The van der Waals surface area contributed by atoms with E-state index in [2.05, 4.69) is 10.2 Å². The van der Waals surface area contributed by atoms with Crippen molar-refractivity contribution in [2.75, 3.05) is 13.1 Å². The fourth-order valence-electron chi connectivity index (χ4n) is 3.53. The quantitative estimate of drug-likeness (QED) is 0.757. The Bertz CT molecular complexity index is 994. The van der Waals surface area contributed by atoms with Gasteiger partial charge in [0, 0.05) is 23.5 Å². The van der Waals surface area contributed by atoms with Crippen molar-refractivity contribution in [1.82, 2.24) is 14.5 Å². The van der Waals surface area contributed by atoms with E-state index in [9.17, 15) is 8.42 Å². The summed E-state index contributed by atoms with van der Waals surface area (Å²) in [5, 5.41) is 8.79. The number of aromatic amines is 1. The van der Waals surface area contributed by atoms with Crippen LogP contribution in [0.2, 0.25) is 5.02 Å². The number of benzene rings is 2. The second-order valence-electron chi connectivity index (χ2n) is 6.32. The van der Waals surface area contributed by atoms with Crippen LogP contribution in [0, 0.1) is 0 Å². The van der Waals surface area contributed by atoms with Gasteiger partial charge in [0.05, 0.1) is 16.6 Å². The predicted octanol–water partition coefficient (Wildman–Crippen LogP) is 3.78. The molecule has 0 saturated carbocycles. The van der Waals surface area contributed by atoms with E-state index >= 15 is 0 Å². The standard InChI is InChI=1S/C18H18ClN3O2S/c19-14-10-16(17-12-20-21-18(17)11-14)13-6-8-22(9-7-13)25(23,24)15-4-2-1-3-5-15/h1-5,10-13H,6-9H2,(H,20,21). The summed E-state index contributed by atoms with van der Waals surface area (Å²) in [5.74, 6) is 0.279. The number of rotatable bonds is 3. The van der Waals surface area contributed by atoms with Crippen LogP contribution in [-0.4, -0.2) is 36.0 Å². The highest BCUT2D eigenvalue weighted by molar-refractivity contribution is 7.89. The van der Waals surface area contributed by atoms with Gasteiger partial charge in [-0.05, 0) is 48.6 Å². The number of halogens is 1. The number of fused-ring (bicyclic) bond motifs is 1. The predicted molar refractivity (Wildman–Crippen MR) is 98.3 cm³/mol. The lowest BCUT2D eigenvalue weighted by Gasteiger charge is -2.31. The summed E-state index contributed by atoms with van der Waals surface area (Å²) in [6.45, 7) is 1.02. The van der Waals surface area contributed by atoms with Gasteiger partial charge in [-0.3, -0.25) is 5.10 Å². The molecular weight excluding hydrogens is 358 g/mol. The Labute approximate surface area is 151 Å². The lowest BCUT2D eigenvalue weighted by molar-refractivity contribution is 0.320. The van der Waals surface area contributed by atoms with Crippen LogP contribution in [0.15, 0.2) is 53.6 Å². The van der Waals surface area contributed by atoms with Crippen LogP contribution in [-0.2, 0) is 10.0 Å². The number of hydrogen-bond donors (Lipinski definition) is 1. The molecule has 1 saturated heterocycles. The third kappa shape index (κ3) is 3.05. The van der Waals surface area contributed by atoms with Crippen LogP contribution < -0.4 is 0 Å². The summed E-state index contributed by atoms with van der Waals surface area (Å²) in [6, 6.07) is 12.5. The number of nitrogens with one attached hydrogen (secondary N) is 1. The Balaban J connectivity index is 1.56. The lowest BCUT2D eigenvalue weighted by atomic mass is 9.88. The Hall–Kier alpha value is -1.89. The van der Waals surface area contributed by atoms with Crippen LogP contribution in [0.5, 0.6) is 0 Å². The summed E-state index contributed by atoms with van der Waals surface area (Å²) in [6.07, 6.45) is 3.35. The molecule has 130 valence electrons. The van der Waals surface area contributed by atoms with E-state index in [0.29, 0.717) is 23.0 Å². The average molecular weight is 376 g/mol. The van der Waals surface area contributed by atoms with Gasteiger partial charge in [0.1, 0.15) is 0 Å². The molecule has 1 aliphatic rings. The molecule has 1 aliphatic heterocycles. The first-order valence-electron chi connectivity index (χ1n) is 8.23. The summed E-state index contributed by atoms with van der Waals surface area (Å²) >= 11 is 6.23. The Morgan fingerprint density at radius 1 is 1.12 bits per heavy atom. The summed E-state index contributed by atoms with van der Waals surface area (Å²) < 4.78 is 27.1. The van der Waals surface area contributed by atoms with Crippen LogP contribution in [0.25, 0.3) is 10.9 Å². The van der Waals surface area contributed by atoms with Gasteiger partial charge in [0.15, 0.2) is 0 Å². The van der Waals surface area contributed by atoms with Crippen LogP contribution >= 0.6 is 11.6 Å². The monoisotopic (exact) mass is 375 g/mol. The van der Waals surface area contributed by atoms with E-state index < -0.39 is 10.0 Å². The van der Waals surface area contributed by atoms with Crippen molar-refractivity contribution in [3.8, 4) is 0 Å². The van der Waals surface area contributed by atoms with Crippen molar-refractivity contribution in [2.45, 2.75) is 23.7 Å². The zero-order valence-electron chi connectivity index (χ0n) is 13.5. The van der Waals surface area contributed by atoms with E-state index in [-0.39, 0.29) is 5.92 Å². The average Bonchev–Trinajstić information content (AvgIpc) is 3.10. The lowest BCUT2D eigenvalue weighted by Crippen LogP contribution is -2.37. The van der Waals surface area contributed by atoms with Crippen LogP contribution in [0.3, 0.4) is 0 Å². The summed E-state index contributed by atoms with van der Waals surface area (Å²) in [5.41, 5.74) is 2.06. The fourth-order valence-corrected chi connectivity index (χ4v) is 5.25. The van der Waals surface area contributed by atoms with Gasteiger partial charge < -0.3 is 0 Å². The maximum Gasteiger partial charge on any atom is 0.243 e. The first-order chi connectivity index (χ1) is 12.1. The Morgan fingerprint density at radius 2 is 1.84 bits per heavy atom. The molecule has 0 radical (unpaired) electrons. The van der Waals surface area contributed by atoms with Crippen LogP contribution in [0.1, 0.15) is 24.3 Å². The van der Waals surface area contributed by atoms with Gasteiger partial charge in [-0.25, -0.2) is 8.42 Å². The third-order valence-electron chi connectivity index (χ3n) is 4.83. The minimum absolute atomic E-state index is 0.279. The number of aromatic nitrogens is 2. The molecule has 0 atom stereocenters. The Morgan fingerprint density at radius 3 is 2.56 bits per heavy atom. The van der Waals surface area contributed by atoms with E-state index in [1.165, 1.54) is 0 Å². The molecule has 4 rings (SSSR count). The van der Waals surface area contributed by atoms with Gasteiger partial charge in [-0.2, -0.15) is 9.40 Å². The molecule has 0 unspecified atom stereocenters.